The van der Waals surface area contributed by atoms with Gasteiger partial charge in [0.2, 0.25) is 0 Å². The molecule has 1 rings (SSSR count). The van der Waals surface area contributed by atoms with Gasteiger partial charge in [-0.25, -0.2) is 4.79 Å². The van der Waals surface area contributed by atoms with Gasteiger partial charge in [0.05, 0.1) is 6.21 Å². The lowest BCUT2D eigenvalue weighted by molar-refractivity contribution is -0.140. The highest BCUT2D eigenvalue weighted by molar-refractivity contribution is 5.69. The van der Waals surface area contributed by atoms with Gasteiger partial charge in [-0.1, -0.05) is 35.5 Å². The molecular weight excluding hydrogens is 194 g/mol. The average Bonchev–Trinajstić information content (AvgIpc) is 2.25. The van der Waals surface area contributed by atoms with Crippen molar-refractivity contribution in [2.75, 3.05) is 7.11 Å². The molecule has 4 heteroatoms. The predicted molar refractivity (Wildman–Crippen MR) is 56.5 cm³/mol. The highest BCUT2D eigenvalue weighted by Crippen LogP contribution is 2.13. The van der Waals surface area contributed by atoms with Gasteiger partial charge in [0.15, 0.2) is 0 Å². The van der Waals surface area contributed by atoms with Gasteiger partial charge in [0.25, 0.3) is 0 Å². The molecule has 0 saturated heterocycles. The second-order valence-corrected chi connectivity index (χ2v) is 2.90. The van der Waals surface area contributed by atoms with E-state index in [1.165, 1.54) is 13.1 Å². The normalized spacial score (nSPS) is 12.7. The fraction of sp³-hybridized carbons (Fsp3) is 0.273. The summed E-state index contributed by atoms with van der Waals surface area (Å²) in [5.74, 6) is -0.450. The number of carbonyl (C=O) groups is 1. The third-order valence-corrected chi connectivity index (χ3v) is 1.76. The molecule has 1 atom stereocenters. The average molecular weight is 207 g/mol. The molecule has 80 valence electrons. The Hall–Kier alpha value is -1.68. The predicted octanol–water partition coefficient (Wildman–Crippen LogP) is 1.92. The van der Waals surface area contributed by atoms with Crippen molar-refractivity contribution in [3.63, 3.8) is 0 Å². The van der Waals surface area contributed by atoms with Crippen molar-refractivity contribution in [2.45, 2.75) is 13.0 Å². The second-order valence-electron chi connectivity index (χ2n) is 2.90. The maximum Gasteiger partial charge on any atom is 0.331 e. The smallest absolute Gasteiger partial charge is 0.331 e. The summed E-state index contributed by atoms with van der Waals surface area (Å²) in [6, 6.07) is 9.55. The molecule has 0 aliphatic heterocycles. The number of ether oxygens (including phenoxy) is 1. The van der Waals surface area contributed by atoms with E-state index in [0.717, 1.165) is 5.56 Å². The van der Waals surface area contributed by atoms with E-state index in [1.54, 1.807) is 7.11 Å². The van der Waals surface area contributed by atoms with Crippen molar-refractivity contribution in [1.29, 1.82) is 0 Å². The molecule has 1 aromatic rings. The minimum absolute atomic E-state index is 0.300. The van der Waals surface area contributed by atoms with Crippen LogP contribution in [-0.4, -0.2) is 19.3 Å². The van der Waals surface area contributed by atoms with Crippen LogP contribution in [0.1, 0.15) is 18.6 Å². The molecule has 0 fully saturated rings. The Labute approximate surface area is 88.5 Å². The van der Waals surface area contributed by atoms with Crippen LogP contribution in [0.3, 0.4) is 0 Å². The van der Waals surface area contributed by atoms with E-state index in [1.807, 2.05) is 30.3 Å². The van der Waals surface area contributed by atoms with Crippen molar-refractivity contribution in [3.8, 4) is 0 Å². The summed E-state index contributed by atoms with van der Waals surface area (Å²) in [4.78, 5) is 14.9. The fourth-order valence-electron chi connectivity index (χ4n) is 1.09. The quantitative estimate of drug-likeness (QED) is 0.430. The summed E-state index contributed by atoms with van der Waals surface area (Å²) in [7, 11) is 1.57. The zero-order chi connectivity index (χ0) is 11.1. The van der Waals surface area contributed by atoms with Crippen LogP contribution < -0.4 is 0 Å². The van der Waals surface area contributed by atoms with Crippen molar-refractivity contribution in [3.05, 3.63) is 35.9 Å². The molecule has 15 heavy (non-hydrogen) atoms. The number of nitrogens with zero attached hydrogens (tertiary/aromatic N) is 1. The Morgan fingerprint density at radius 2 is 2.07 bits per heavy atom. The van der Waals surface area contributed by atoms with Gasteiger partial charge in [0, 0.05) is 14.0 Å². The summed E-state index contributed by atoms with van der Waals surface area (Å²) < 4.78 is 5.18. The van der Waals surface area contributed by atoms with Crippen molar-refractivity contribution in [2.24, 2.45) is 5.16 Å². The van der Waals surface area contributed by atoms with Crippen LogP contribution in [0.25, 0.3) is 0 Å². The third kappa shape index (κ3) is 3.91. The Balaban J connectivity index is 2.64. The Bertz CT molecular complexity index is 335. The van der Waals surface area contributed by atoms with Gasteiger partial charge in [-0.3, -0.25) is 0 Å². The summed E-state index contributed by atoms with van der Waals surface area (Å²) in [6.07, 6.45) is 1.14. The van der Waals surface area contributed by atoms with E-state index >= 15 is 0 Å². The van der Waals surface area contributed by atoms with E-state index < -0.39 is 5.97 Å². The molecule has 1 unspecified atom stereocenters. The zero-order valence-electron chi connectivity index (χ0n) is 8.71. The van der Waals surface area contributed by atoms with Crippen LogP contribution in [0.4, 0.5) is 0 Å². The monoisotopic (exact) mass is 207 g/mol. The topological polar surface area (TPSA) is 47.9 Å². The van der Waals surface area contributed by atoms with E-state index in [2.05, 4.69) is 9.99 Å². The van der Waals surface area contributed by atoms with Crippen molar-refractivity contribution < 1.29 is 14.4 Å². The fourth-order valence-corrected chi connectivity index (χ4v) is 1.09. The SMILES string of the molecule is COC(C=NOC(C)=O)c1ccccc1. The molecular formula is C11H13NO3. The van der Waals surface area contributed by atoms with Gasteiger partial charge in [-0.15, -0.1) is 0 Å². The number of benzene rings is 1. The highest BCUT2D eigenvalue weighted by Gasteiger charge is 2.06. The summed E-state index contributed by atoms with van der Waals surface area (Å²) >= 11 is 0. The van der Waals surface area contributed by atoms with Crippen LogP contribution in [0.2, 0.25) is 0 Å². The van der Waals surface area contributed by atoms with E-state index in [4.69, 9.17) is 4.74 Å². The molecule has 4 nitrogen and oxygen atoms in total. The Morgan fingerprint density at radius 3 is 2.60 bits per heavy atom. The number of rotatable bonds is 4. The number of carbonyl (C=O) groups excluding carboxylic acids is 1. The van der Waals surface area contributed by atoms with Crippen molar-refractivity contribution >= 4 is 12.2 Å². The van der Waals surface area contributed by atoms with Crippen LogP contribution in [-0.2, 0) is 14.4 Å². The first-order valence-corrected chi connectivity index (χ1v) is 4.53. The maximum atomic E-state index is 10.5. The van der Waals surface area contributed by atoms with Crippen molar-refractivity contribution in [1.82, 2.24) is 0 Å². The Morgan fingerprint density at radius 1 is 1.40 bits per heavy atom. The lowest BCUT2D eigenvalue weighted by Crippen LogP contribution is -2.03. The molecule has 1 aromatic carbocycles. The minimum Gasteiger partial charge on any atom is -0.371 e. The van der Waals surface area contributed by atoms with Crippen LogP contribution in [0, 0.1) is 0 Å². The summed E-state index contributed by atoms with van der Waals surface area (Å²) in [5.41, 5.74) is 0.955. The molecule has 0 heterocycles. The molecule has 0 spiro atoms. The number of methoxy groups -OCH3 is 1. The maximum absolute atomic E-state index is 10.5. The van der Waals surface area contributed by atoms with Gasteiger partial charge in [0.1, 0.15) is 6.10 Å². The number of hydrogen-bond acceptors (Lipinski definition) is 4. The van der Waals surface area contributed by atoms with Gasteiger partial charge < -0.3 is 9.57 Å². The van der Waals surface area contributed by atoms with Gasteiger partial charge in [-0.2, -0.15) is 0 Å². The molecule has 0 aliphatic carbocycles. The van der Waals surface area contributed by atoms with Gasteiger partial charge >= 0.3 is 5.97 Å². The molecule has 0 bridgehead atoms. The lowest BCUT2D eigenvalue weighted by atomic mass is 10.1. The van der Waals surface area contributed by atoms with Crippen LogP contribution in [0.5, 0.6) is 0 Å². The van der Waals surface area contributed by atoms with E-state index in [-0.39, 0.29) is 6.10 Å². The Kier molecular flexibility index (Phi) is 4.50. The molecule has 0 aromatic heterocycles. The second kappa shape index (κ2) is 5.93. The van der Waals surface area contributed by atoms with Crippen LogP contribution in [0.15, 0.2) is 35.5 Å². The lowest BCUT2D eigenvalue weighted by Gasteiger charge is -2.09. The zero-order valence-corrected chi connectivity index (χ0v) is 8.71. The molecule has 0 amide bonds. The number of hydrogen-bond donors (Lipinski definition) is 0. The first-order valence-electron chi connectivity index (χ1n) is 4.53. The number of oxime groups is 1. The van der Waals surface area contributed by atoms with E-state index in [0.29, 0.717) is 0 Å². The minimum atomic E-state index is -0.450. The van der Waals surface area contributed by atoms with Gasteiger partial charge in [-0.05, 0) is 5.56 Å². The van der Waals surface area contributed by atoms with E-state index in [9.17, 15) is 4.79 Å². The third-order valence-electron chi connectivity index (χ3n) is 1.76. The largest absolute Gasteiger partial charge is 0.371 e. The summed E-state index contributed by atoms with van der Waals surface area (Å²) in [6.45, 7) is 1.29. The van der Waals surface area contributed by atoms with Crippen LogP contribution >= 0.6 is 0 Å². The summed E-state index contributed by atoms with van der Waals surface area (Å²) in [5, 5.41) is 3.52. The highest BCUT2D eigenvalue weighted by atomic mass is 16.7. The first kappa shape index (κ1) is 11.4. The molecule has 0 radical (unpaired) electrons. The standard InChI is InChI=1S/C11H13NO3/c1-9(13)15-12-8-11(14-2)10-6-4-3-5-7-10/h3-8,11H,1-2H3. The first-order chi connectivity index (χ1) is 7.24. The molecule has 0 saturated carbocycles. The molecule has 0 aliphatic rings. The molecule has 0 N–H and O–H groups in total.